The molecule has 4 heteroatoms. The molecule has 0 aromatic heterocycles. The molecule has 4 nitrogen and oxygen atoms in total. The molecule has 0 bridgehead atoms. The van der Waals surface area contributed by atoms with Gasteiger partial charge in [-0.15, -0.1) is 0 Å². The Balaban J connectivity index is 0.000000556. The molecule has 0 fully saturated rings. The number of benzene rings is 2. The Morgan fingerprint density at radius 2 is 1.00 bits per heavy atom. The van der Waals surface area contributed by atoms with Crippen LogP contribution in [0.25, 0.3) is 0 Å². The second-order valence-corrected chi connectivity index (χ2v) is 8.24. The van der Waals surface area contributed by atoms with E-state index in [-0.39, 0.29) is 22.0 Å². The Kier molecular flexibility index (Phi) is 9.65. The van der Waals surface area contributed by atoms with Crippen molar-refractivity contribution in [1.82, 2.24) is 0 Å². The molecule has 0 radical (unpaired) electrons. The lowest BCUT2D eigenvalue weighted by Crippen LogP contribution is -2.25. The fraction of sp³-hybridized carbons (Fsp3) is 0.417. The zero-order chi connectivity index (χ0) is 22.1. The number of hydrogen-bond acceptors (Lipinski definition) is 4. The molecule has 0 aliphatic heterocycles. The highest BCUT2D eigenvalue weighted by molar-refractivity contribution is 5.86. The van der Waals surface area contributed by atoms with Gasteiger partial charge in [0.15, 0.2) is 0 Å². The Morgan fingerprint density at radius 3 is 1.25 bits per heavy atom. The maximum absolute atomic E-state index is 11.0. The molecule has 2 aromatic rings. The molecule has 28 heavy (non-hydrogen) atoms. The van der Waals surface area contributed by atoms with Gasteiger partial charge in [0, 0.05) is 0 Å². The summed E-state index contributed by atoms with van der Waals surface area (Å²) in [4.78, 5) is 21.1. The molecule has 0 aliphatic carbocycles. The lowest BCUT2D eigenvalue weighted by atomic mass is 9.79. The number of carbonyl (C=O) groups excluding carboxylic acids is 2. The Morgan fingerprint density at radius 1 is 0.643 bits per heavy atom. The molecule has 0 saturated carbocycles. The van der Waals surface area contributed by atoms with Gasteiger partial charge in [-0.05, 0) is 45.2 Å². The van der Waals surface area contributed by atoms with Crippen LogP contribution in [0, 0.1) is 0 Å². The Labute approximate surface area is 169 Å². The predicted octanol–water partition coefficient (Wildman–Crippen LogP) is 3.72. The summed E-state index contributed by atoms with van der Waals surface area (Å²) in [5, 5.41) is 21.1. The van der Waals surface area contributed by atoms with Crippen LogP contribution in [0.15, 0.2) is 48.5 Å². The Bertz CT molecular complexity index is 731. The molecule has 0 spiro atoms. The summed E-state index contributed by atoms with van der Waals surface area (Å²) >= 11 is 0. The summed E-state index contributed by atoms with van der Waals surface area (Å²) < 4.78 is 0. The highest BCUT2D eigenvalue weighted by atomic mass is 16.4. The topological polar surface area (TPSA) is 80.3 Å². The predicted molar refractivity (Wildman–Crippen MR) is 110 cm³/mol. The third-order valence-corrected chi connectivity index (χ3v) is 3.91. The molecule has 0 atom stereocenters. The molecule has 2 rings (SSSR count). The van der Waals surface area contributed by atoms with E-state index in [2.05, 4.69) is 47.6 Å². The van der Waals surface area contributed by atoms with E-state index < -0.39 is 11.9 Å². The van der Waals surface area contributed by atoms with E-state index in [0.717, 1.165) is 11.1 Å². The van der Waals surface area contributed by atoms with Crippen LogP contribution in [-0.2, 0) is 10.8 Å². The molecule has 0 unspecified atom stereocenters. The van der Waals surface area contributed by atoms with Gasteiger partial charge in [-0.1, -0.05) is 91.8 Å². The normalized spacial score (nSPS) is 10.7. The molecule has 0 N–H and O–H groups in total. The Hall–Kier alpha value is -2.62. The first-order valence-corrected chi connectivity index (χ1v) is 9.46. The van der Waals surface area contributed by atoms with Crippen LogP contribution in [-0.4, -0.2) is 11.9 Å². The van der Waals surface area contributed by atoms with Crippen molar-refractivity contribution in [3.63, 3.8) is 0 Å². The number of rotatable bonds is 2. The second-order valence-electron chi connectivity index (χ2n) is 8.24. The van der Waals surface area contributed by atoms with E-state index in [1.807, 2.05) is 13.8 Å². The van der Waals surface area contributed by atoms with Crippen molar-refractivity contribution < 1.29 is 19.8 Å². The van der Waals surface area contributed by atoms with Crippen molar-refractivity contribution in [3.05, 3.63) is 70.8 Å². The first kappa shape index (κ1) is 25.4. The molecule has 0 amide bonds. The van der Waals surface area contributed by atoms with E-state index in [1.54, 1.807) is 30.3 Å². The van der Waals surface area contributed by atoms with Crippen LogP contribution in [0.4, 0.5) is 0 Å². The van der Waals surface area contributed by atoms with Gasteiger partial charge in [-0.25, -0.2) is 0 Å². The van der Waals surface area contributed by atoms with Crippen LogP contribution in [0.2, 0.25) is 0 Å². The van der Waals surface area contributed by atoms with E-state index in [1.165, 1.54) is 12.1 Å². The minimum Gasteiger partial charge on any atom is -0.545 e. The molecule has 0 heterocycles. The smallest absolute Gasteiger partial charge is 0.0715 e. The van der Waals surface area contributed by atoms with Gasteiger partial charge in [0.25, 0.3) is 0 Å². The summed E-state index contributed by atoms with van der Waals surface area (Å²) in [6.45, 7) is 16.5. The summed E-state index contributed by atoms with van der Waals surface area (Å²) in [5.74, 6) is -2.24. The minimum absolute atomic E-state index is 0.0640. The average molecular weight is 385 g/mol. The number of carbonyl (C=O) groups is 2. The summed E-state index contributed by atoms with van der Waals surface area (Å²) in [7, 11) is 0. The average Bonchev–Trinajstić information content (AvgIpc) is 2.63. The van der Waals surface area contributed by atoms with Crippen molar-refractivity contribution in [2.75, 3.05) is 0 Å². The van der Waals surface area contributed by atoms with Crippen LogP contribution < -0.4 is 10.2 Å². The summed E-state index contributed by atoms with van der Waals surface area (Å²) in [6, 6.07) is 13.6. The number of carboxylic acid groups (broad SMARTS) is 2. The fourth-order valence-electron chi connectivity index (χ4n) is 2.19. The molecular formula is C24H32O4-2. The zero-order valence-corrected chi connectivity index (χ0v) is 18.3. The van der Waals surface area contributed by atoms with Gasteiger partial charge in [0.2, 0.25) is 0 Å². The lowest BCUT2D eigenvalue weighted by molar-refractivity contribution is -0.256. The van der Waals surface area contributed by atoms with Gasteiger partial charge < -0.3 is 19.8 Å². The van der Waals surface area contributed by atoms with Crippen LogP contribution in [0.5, 0.6) is 0 Å². The zero-order valence-electron chi connectivity index (χ0n) is 18.3. The third-order valence-electron chi connectivity index (χ3n) is 3.91. The van der Waals surface area contributed by atoms with Gasteiger partial charge in [-0.3, -0.25) is 0 Å². The SMILES string of the molecule is CC.CC(C)(C)c1cc(C(=O)[O-])cc(C(C)(C)C)c1.O=C([O-])c1ccccc1. The van der Waals surface area contributed by atoms with Gasteiger partial charge in [-0.2, -0.15) is 0 Å². The first-order chi connectivity index (χ1) is 12.8. The second kappa shape index (κ2) is 10.6. The van der Waals surface area contributed by atoms with Gasteiger partial charge >= 0.3 is 0 Å². The molecule has 2 aromatic carbocycles. The summed E-state index contributed by atoms with van der Waals surface area (Å²) in [5.41, 5.74) is 2.42. The maximum Gasteiger partial charge on any atom is 0.0715 e. The minimum atomic E-state index is -1.13. The standard InChI is InChI=1S/C15H22O2.C7H6O2.C2H6/c1-14(2,3)11-7-10(13(16)17)8-12(9-11)15(4,5)6;8-7(9)6-4-2-1-3-5-6;1-2/h7-9H,1-6H3,(H,16,17);1-5H,(H,8,9);1-2H3/p-2. The van der Waals surface area contributed by atoms with Crippen molar-refractivity contribution in [2.45, 2.75) is 66.2 Å². The van der Waals surface area contributed by atoms with Crippen molar-refractivity contribution in [3.8, 4) is 0 Å². The third kappa shape index (κ3) is 8.38. The van der Waals surface area contributed by atoms with E-state index in [4.69, 9.17) is 0 Å². The van der Waals surface area contributed by atoms with E-state index in [0.29, 0.717) is 0 Å². The highest BCUT2D eigenvalue weighted by Gasteiger charge is 2.20. The molecule has 0 saturated heterocycles. The highest BCUT2D eigenvalue weighted by Crippen LogP contribution is 2.30. The van der Waals surface area contributed by atoms with E-state index in [9.17, 15) is 19.8 Å². The fourth-order valence-corrected chi connectivity index (χ4v) is 2.19. The van der Waals surface area contributed by atoms with Crippen molar-refractivity contribution in [2.24, 2.45) is 0 Å². The van der Waals surface area contributed by atoms with Crippen LogP contribution >= 0.6 is 0 Å². The van der Waals surface area contributed by atoms with Crippen LogP contribution in [0.1, 0.15) is 87.2 Å². The summed E-state index contributed by atoms with van der Waals surface area (Å²) in [6.07, 6.45) is 0. The monoisotopic (exact) mass is 384 g/mol. The number of aromatic carboxylic acids is 2. The number of carboxylic acids is 2. The quantitative estimate of drug-likeness (QED) is 0.790. The maximum atomic E-state index is 11.0. The van der Waals surface area contributed by atoms with Gasteiger partial charge in [0.1, 0.15) is 0 Å². The van der Waals surface area contributed by atoms with E-state index >= 15 is 0 Å². The van der Waals surface area contributed by atoms with Crippen LogP contribution in [0.3, 0.4) is 0 Å². The van der Waals surface area contributed by atoms with Crippen molar-refractivity contribution in [1.29, 1.82) is 0 Å². The number of hydrogen-bond donors (Lipinski definition) is 0. The molecule has 0 aliphatic rings. The lowest BCUT2D eigenvalue weighted by Gasteiger charge is -2.26. The van der Waals surface area contributed by atoms with Gasteiger partial charge in [0.05, 0.1) is 11.9 Å². The van der Waals surface area contributed by atoms with Crippen molar-refractivity contribution >= 4 is 11.9 Å². The first-order valence-electron chi connectivity index (χ1n) is 9.46. The largest absolute Gasteiger partial charge is 0.545 e. The molecule has 154 valence electrons. The molecular weight excluding hydrogens is 352 g/mol.